The summed E-state index contributed by atoms with van der Waals surface area (Å²) in [6.45, 7) is 0. The smallest absolute Gasteiger partial charge is 0.0640 e. The topological polar surface area (TPSA) is 13.0 Å². The fraction of sp³-hybridized carbons (Fsp3) is 0.0291. The highest BCUT2D eigenvalue weighted by Gasteiger charge is 2.22. The zero-order valence-electron chi connectivity index (χ0n) is 58.7. The Bertz CT molecular complexity index is 6050. The number of anilines is 12. The molecule has 0 unspecified atom stereocenters. The fourth-order valence-electron chi connectivity index (χ4n) is 14.9. The van der Waals surface area contributed by atoms with Gasteiger partial charge in [-0.15, -0.1) is 45.3 Å². The van der Waals surface area contributed by atoms with E-state index >= 15 is 0 Å². The number of fused-ring (bicyclic) bond motifs is 8. The summed E-state index contributed by atoms with van der Waals surface area (Å²) in [6, 6.07) is 149. The predicted octanol–water partition coefficient (Wildman–Crippen LogP) is 33.0. The highest BCUT2D eigenvalue weighted by molar-refractivity contribution is 7.27. The van der Waals surface area contributed by atoms with Crippen molar-refractivity contribution in [1.29, 1.82) is 0 Å². The molecule has 0 aliphatic carbocycles. The number of hydrogen-bond acceptors (Lipinski definition) is 8. The molecule has 111 heavy (non-hydrogen) atoms. The molecule has 20 aromatic rings. The molecule has 0 radical (unpaired) electrons. The predicted molar refractivity (Wildman–Crippen MR) is 490 cm³/mol. The van der Waals surface area contributed by atoms with Gasteiger partial charge in [-0.2, -0.15) is 0 Å². The second kappa shape index (κ2) is 32.1. The maximum Gasteiger partial charge on any atom is 0.0640 e. The Morgan fingerprint density at radius 3 is 0.703 bits per heavy atom. The number of hydrogen-bond donors (Lipinski definition) is 0. The van der Waals surface area contributed by atoms with E-state index in [-0.39, 0.29) is 22.3 Å². The lowest BCUT2D eigenvalue weighted by Gasteiger charge is -2.26. The average molecular weight is 1500 g/mol. The minimum Gasteiger partial charge on any atom is -0.311 e. The molecule has 4 aromatic heterocycles. The zero-order chi connectivity index (χ0) is 71.7. The molecule has 4 heterocycles. The molecule has 16 aromatic carbocycles. The van der Waals surface area contributed by atoms with Crippen LogP contribution in [0.4, 0.5) is 68.2 Å². The Labute approximate surface area is 666 Å². The highest BCUT2D eigenvalue weighted by atomic mass is 32.1. The Morgan fingerprint density at radius 1 is 0.162 bits per heavy atom. The van der Waals surface area contributed by atoms with Crippen LogP contribution in [0.2, 0.25) is 0 Å². The lowest BCUT2D eigenvalue weighted by Crippen LogP contribution is -2.10. The van der Waals surface area contributed by atoms with Crippen molar-refractivity contribution in [3.8, 4) is 43.1 Å². The van der Waals surface area contributed by atoms with Crippen LogP contribution in [0.25, 0.3) is 104 Å². The van der Waals surface area contributed by atoms with Gasteiger partial charge in [0.25, 0.3) is 0 Å². The molecule has 20 rings (SSSR count). The Kier molecular flexibility index (Phi) is 20.9. The Morgan fingerprint density at radius 2 is 0.396 bits per heavy atom. The van der Waals surface area contributed by atoms with Crippen molar-refractivity contribution in [1.82, 2.24) is 0 Å². The molecule has 0 amide bonds. The summed E-state index contributed by atoms with van der Waals surface area (Å²) in [5.74, 6) is 0. The van der Waals surface area contributed by atoms with E-state index in [1.165, 1.54) is 115 Å². The van der Waals surface area contributed by atoms with Crippen LogP contribution in [0.5, 0.6) is 0 Å². The van der Waals surface area contributed by atoms with E-state index in [1.54, 1.807) is 0 Å². The van der Waals surface area contributed by atoms with Gasteiger partial charge in [-0.3, -0.25) is 0 Å². The lowest BCUT2D eigenvalue weighted by molar-refractivity contribution is 1.28. The van der Waals surface area contributed by atoms with Crippen LogP contribution >= 0.6 is 45.3 Å². The first-order chi connectivity index (χ1) is 53.5. The van der Waals surface area contributed by atoms with E-state index in [0.717, 1.165) is 56.9 Å². The normalized spacial score (nSPS) is 11.0. The van der Waals surface area contributed by atoms with Gasteiger partial charge < -0.3 is 19.6 Å². The number of nitrogens with zero attached hydrogens (tertiary/aromatic N) is 4. The van der Waals surface area contributed by atoms with Gasteiger partial charge in [0.1, 0.15) is 0 Å². The van der Waals surface area contributed by atoms with Crippen molar-refractivity contribution in [2.45, 2.75) is 22.3 Å². The van der Waals surface area contributed by atoms with Crippen LogP contribution in [-0.2, 0) is 0 Å². The molecule has 4 nitrogen and oxygen atoms in total. The van der Waals surface area contributed by atoms with Gasteiger partial charge in [-0.25, -0.2) is 0 Å². The Balaban J connectivity index is 0.000000164. The van der Waals surface area contributed by atoms with Gasteiger partial charge in [0.05, 0.1) is 20.8 Å². The van der Waals surface area contributed by atoms with Crippen molar-refractivity contribution >= 4 is 174 Å². The van der Waals surface area contributed by atoms with Crippen LogP contribution < -0.4 is 19.6 Å². The molecule has 536 valence electrons. The molecule has 0 atom stereocenters. The largest absolute Gasteiger partial charge is 0.311 e. The summed E-state index contributed by atoms with van der Waals surface area (Å²) in [7, 11) is 0. The summed E-state index contributed by atoms with van der Waals surface area (Å²) in [4.78, 5) is 12.0. The lowest BCUT2D eigenvalue weighted by atomic mass is 10.0. The molecule has 0 aliphatic rings. The molecule has 0 fully saturated rings. The number of benzene rings is 16. The SMILES string of the molecule is C.C.C.c1ccc(N(c2ccc(-c3ccc(N(c4ccccc4)c4ccc(-c5cc6ccccc6s5)cc4)cc3)cc2)c2ccc(-c3cc4ccccc4s3)cc2)cc1.c1ccc(N(c2ccc(-c3ccc(N(c4ccccc4)c4cccc5c4sc4ccccc45)cc3)cc2)c2cccc3c2sc2ccccc23)cc1. The first kappa shape index (κ1) is 72.3. The third kappa shape index (κ3) is 14.4. The summed E-state index contributed by atoms with van der Waals surface area (Å²) < 4.78 is 7.83. The van der Waals surface area contributed by atoms with E-state index in [4.69, 9.17) is 0 Å². The van der Waals surface area contributed by atoms with Crippen molar-refractivity contribution in [3.63, 3.8) is 0 Å². The molecule has 0 N–H and O–H groups in total. The maximum absolute atomic E-state index is 2.39. The molecular formula is C103H80N4S4. The molecule has 0 saturated heterocycles. The second-order valence-corrected chi connectivity index (χ2v) is 31.0. The number of thiophene rings is 4. The quantitative estimate of drug-likeness (QED) is 0.0956. The first-order valence-corrected chi connectivity index (χ1v) is 39.6. The highest BCUT2D eigenvalue weighted by Crippen LogP contribution is 2.49. The van der Waals surface area contributed by atoms with Gasteiger partial charge in [-0.05, 0) is 214 Å². The van der Waals surface area contributed by atoms with E-state index in [2.05, 4.69) is 432 Å². The molecule has 0 aliphatic heterocycles. The zero-order valence-corrected chi connectivity index (χ0v) is 61.9. The summed E-state index contributed by atoms with van der Waals surface area (Å²) >= 11 is 7.41. The maximum atomic E-state index is 2.39. The van der Waals surface area contributed by atoms with Crippen LogP contribution in [0.3, 0.4) is 0 Å². The molecule has 0 spiro atoms. The Hall–Kier alpha value is -12.9. The molecule has 0 saturated carbocycles. The van der Waals surface area contributed by atoms with E-state index < -0.39 is 0 Å². The molecule has 8 heteroatoms. The van der Waals surface area contributed by atoms with Crippen molar-refractivity contribution < 1.29 is 0 Å². The van der Waals surface area contributed by atoms with Crippen LogP contribution in [0, 0.1) is 0 Å². The third-order valence-electron chi connectivity index (χ3n) is 20.1. The van der Waals surface area contributed by atoms with Gasteiger partial charge in [0.15, 0.2) is 0 Å². The van der Waals surface area contributed by atoms with Gasteiger partial charge in [-0.1, -0.05) is 265 Å². The minimum atomic E-state index is 0. The van der Waals surface area contributed by atoms with E-state index in [0.29, 0.717) is 0 Å². The van der Waals surface area contributed by atoms with Crippen molar-refractivity contribution in [2.24, 2.45) is 0 Å². The van der Waals surface area contributed by atoms with Crippen LogP contribution in [0.1, 0.15) is 22.3 Å². The monoisotopic (exact) mass is 1500 g/mol. The summed E-state index contributed by atoms with van der Waals surface area (Å²) in [5, 5.41) is 7.79. The van der Waals surface area contributed by atoms with Gasteiger partial charge in [0, 0.05) is 107 Å². The van der Waals surface area contributed by atoms with Crippen LogP contribution in [-0.4, -0.2) is 0 Å². The molecular weight excluding hydrogens is 1420 g/mol. The summed E-state index contributed by atoms with van der Waals surface area (Å²) in [5.41, 5.74) is 20.8. The minimum absolute atomic E-state index is 0. The second-order valence-electron chi connectivity index (χ2n) is 26.8. The van der Waals surface area contributed by atoms with E-state index in [1.807, 2.05) is 45.3 Å². The average Bonchev–Trinajstić information content (AvgIpc) is 1.65. The van der Waals surface area contributed by atoms with E-state index in [9.17, 15) is 0 Å². The van der Waals surface area contributed by atoms with Crippen LogP contribution in [0.15, 0.2) is 413 Å². The van der Waals surface area contributed by atoms with Crippen molar-refractivity contribution in [3.05, 3.63) is 413 Å². The van der Waals surface area contributed by atoms with Crippen molar-refractivity contribution in [2.75, 3.05) is 19.6 Å². The standard InChI is InChI=1S/C52H36N2S2.C48H32N2S2.3CH4/c1-3-13-43(14-4-1)53(47-31-23-39(24-32-47)51-35-41-11-7-9-17-49(41)55-51)45-27-19-37(20-28-45)38-21-29-46(30-22-38)54(44-15-5-2-6-16-44)48-33-25-40(26-34-48)52-36-42-12-8-10-18-50(42)56-52;1-3-13-35(14-4-1)49(43-21-11-19-41-39-17-7-9-23-45(39)51-47(41)43)37-29-25-33(26-30-37)34-27-31-38(32-28-34)50(36-15-5-2-6-16-36)44-22-12-20-42-40-18-8-10-24-46(40)52-48(42)44;;;/h1-36H;1-32H;3*1H4. The number of rotatable bonds is 16. The fourth-order valence-corrected chi connectivity index (χ4v) is 19.4. The molecule has 0 bridgehead atoms. The van der Waals surface area contributed by atoms with Gasteiger partial charge in [0.2, 0.25) is 0 Å². The van der Waals surface area contributed by atoms with Gasteiger partial charge >= 0.3 is 0 Å². The third-order valence-corrected chi connectivity index (χ3v) is 24.9. The first-order valence-electron chi connectivity index (χ1n) is 36.3. The number of para-hydroxylation sites is 4. The summed E-state index contributed by atoms with van der Waals surface area (Å²) in [6.07, 6.45) is 0.